The zero-order valence-electron chi connectivity index (χ0n) is 17.1. The van der Waals surface area contributed by atoms with E-state index in [1.54, 1.807) is 23.2 Å². The number of aromatic nitrogens is 2. The normalized spacial score (nSPS) is 19.3. The van der Waals surface area contributed by atoms with E-state index in [9.17, 15) is 14.4 Å². The number of pyridine rings is 1. The number of nitrogens with zero attached hydrogens (tertiary/aromatic N) is 4. The van der Waals surface area contributed by atoms with Gasteiger partial charge in [0.1, 0.15) is 17.3 Å². The van der Waals surface area contributed by atoms with Crippen LogP contribution in [0.4, 0.5) is 4.79 Å². The van der Waals surface area contributed by atoms with Crippen molar-refractivity contribution in [1.82, 2.24) is 19.2 Å². The third-order valence-corrected chi connectivity index (χ3v) is 5.36. The summed E-state index contributed by atoms with van der Waals surface area (Å²) in [5.74, 6) is -0.128. The molecule has 8 nitrogen and oxygen atoms in total. The summed E-state index contributed by atoms with van der Waals surface area (Å²) in [5, 5.41) is 0. The molecule has 8 heteroatoms. The van der Waals surface area contributed by atoms with E-state index < -0.39 is 17.7 Å². The van der Waals surface area contributed by atoms with Gasteiger partial charge >= 0.3 is 6.09 Å². The number of hydrogen-bond donors (Lipinski definition) is 0. The minimum absolute atomic E-state index is 0.128. The SMILES string of the molecule is CC(C)(C)OC(=O)N1CCCC1C(=O)N1CCc2nc3ccccn3c(=O)c2C1. The Kier molecular flexibility index (Phi) is 4.80. The number of hydrogen-bond acceptors (Lipinski definition) is 5. The Morgan fingerprint density at radius 1 is 1.21 bits per heavy atom. The van der Waals surface area contributed by atoms with Crippen LogP contribution in [0.3, 0.4) is 0 Å². The number of ether oxygens (including phenoxy) is 1. The number of amides is 2. The molecular formula is C21H26N4O4. The molecule has 154 valence electrons. The lowest BCUT2D eigenvalue weighted by Crippen LogP contribution is -2.51. The predicted octanol–water partition coefficient (Wildman–Crippen LogP) is 1.98. The molecule has 0 saturated carbocycles. The Labute approximate surface area is 169 Å². The van der Waals surface area contributed by atoms with Gasteiger partial charge in [0.15, 0.2) is 0 Å². The van der Waals surface area contributed by atoms with E-state index in [1.807, 2.05) is 26.8 Å². The first kappa shape index (κ1) is 19.4. The first-order chi connectivity index (χ1) is 13.7. The molecule has 0 N–H and O–H groups in total. The van der Waals surface area contributed by atoms with Gasteiger partial charge in [0.05, 0.1) is 17.8 Å². The number of carbonyl (C=O) groups is 2. The number of fused-ring (bicyclic) bond motifs is 2. The Morgan fingerprint density at radius 2 is 2.00 bits per heavy atom. The van der Waals surface area contributed by atoms with Crippen molar-refractivity contribution in [2.75, 3.05) is 13.1 Å². The molecule has 1 fully saturated rings. The molecule has 2 aromatic heterocycles. The maximum Gasteiger partial charge on any atom is 0.410 e. The maximum atomic E-state index is 13.2. The molecule has 1 atom stereocenters. The molecule has 0 aromatic carbocycles. The molecule has 2 aliphatic heterocycles. The Morgan fingerprint density at radius 3 is 2.76 bits per heavy atom. The van der Waals surface area contributed by atoms with Crippen LogP contribution in [0, 0.1) is 0 Å². The molecule has 2 amide bonds. The minimum atomic E-state index is -0.612. The average Bonchev–Trinajstić information content (AvgIpc) is 3.16. The Bertz CT molecular complexity index is 1020. The molecule has 1 unspecified atom stereocenters. The zero-order valence-corrected chi connectivity index (χ0v) is 17.1. The average molecular weight is 398 g/mol. The van der Waals surface area contributed by atoms with Crippen molar-refractivity contribution in [3.05, 3.63) is 46.0 Å². The lowest BCUT2D eigenvalue weighted by atomic mass is 10.0. The van der Waals surface area contributed by atoms with Crippen LogP contribution in [0.25, 0.3) is 5.65 Å². The smallest absolute Gasteiger partial charge is 0.410 e. The fourth-order valence-corrected chi connectivity index (χ4v) is 4.01. The lowest BCUT2D eigenvalue weighted by molar-refractivity contribution is -0.136. The highest BCUT2D eigenvalue weighted by molar-refractivity contribution is 5.86. The molecule has 0 aliphatic carbocycles. The van der Waals surface area contributed by atoms with Crippen molar-refractivity contribution in [3.63, 3.8) is 0 Å². The molecule has 4 rings (SSSR count). The number of rotatable bonds is 1. The van der Waals surface area contributed by atoms with E-state index in [0.29, 0.717) is 37.1 Å². The van der Waals surface area contributed by atoms with Crippen molar-refractivity contribution in [2.45, 2.75) is 58.2 Å². The molecular weight excluding hydrogens is 372 g/mol. The summed E-state index contributed by atoms with van der Waals surface area (Å²) in [6, 6.07) is 4.89. The summed E-state index contributed by atoms with van der Waals surface area (Å²) in [5.41, 5.74) is 1.16. The summed E-state index contributed by atoms with van der Waals surface area (Å²) in [6.45, 7) is 6.64. The van der Waals surface area contributed by atoms with Crippen molar-refractivity contribution in [2.24, 2.45) is 0 Å². The van der Waals surface area contributed by atoms with Crippen molar-refractivity contribution in [3.8, 4) is 0 Å². The summed E-state index contributed by atoms with van der Waals surface area (Å²) >= 11 is 0. The van der Waals surface area contributed by atoms with Crippen molar-refractivity contribution >= 4 is 17.6 Å². The first-order valence-electron chi connectivity index (χ1n) is 10.0. The standard InChI is InChI=1S/C21H26N4O4/c1-21(2,3)29-20(28)24-11-6-7-16(24)19(27)23-12-9-15-14(13-23)18(26)25-10-5-4-8-17(25)22-15/h4-5,8,10,16H,6-7,9,11-13H2,1-3H3. The summed E-state index contributed by atoms with van der Waals surface area (Å²) < 4.78 is 6.98. The summed E-state index contributed by atoms with van der Waals surface area (Å²) in [4.78, 5) is 46.4. The molecule has 2 aliphatic rings. The van der Waals surface area contributed by atoms with Gasteiger partial charge in [-0.05, 0) is 45.7 Å². The highest BCUT2D eigenvalue weighted by atomic mass is 16.6. The third-order valence-electron chi connectivity index (χ3n) is 5.36. The van der Waals surface area contributed by atoms with Gasteiger partial charge in [0.2, 0.25) is 5.91 Å². The van der Waals surface area contributed by atoms with Crippen LogP contribution in [0.2, 0.25) is 0 Å². The highest BCUT2D eigenvalue weighted by Crippen LogP contribution is 2.24. The molecule has 4 heterocycles. The molecule has 0 radical (unpaired) electrons. The second-order valence-corrected chi connectivity index (χ2v) is 8.61. The number of likely N-dealkylation sites (tertiary alicyclic amines) is 1. The van der Waals surface area contributed by atoms with Gasteiger partial charge in [0.25, 0.3) is 5.56 Å². The largest absolute Gasteiger partial charge is 0.444 e. The van der Waals surface area contributed by atoms with Crippen LogP contribution >= 0.6 is 0 Å². The number of carbonyl (C=O) groups excluding carboxylic acids is 2. The first-order valence-corrected chi connectivity index (χ1v) is 10.0. The van der Waals surface area contributed by atoms with Crippen LogP contribution in [0.1, 0.15) is 44.9 Å². The zero-order chi connectivity index (χ0) is 20.8. The topological polar surface area (TPSA) is 84.2 Å². The maximum absolute atomic E-state index is 13.2. The summed E-state index contributed by atoms with van der Waals surface area (Å²) in [6.07, 6.45) is 3.12. The monoisotopic (exact) mass is 398 g/mol. The van der Waals surface area contributed by atoms with E-state index in [0.717, 1.165) is 12.1 Å². The predicted molar refractivity (Wildman–Crippen MR) is 107 cm³/mol. The van der Waals surface area contributed by atoms with Crippen LogP contribution in [-0.4, -0.2) is 55.9 Å². The van der Waals surface area contributed by atoms with Gasteiger partial charge in [-0.15, -0.1) is 0 Å². The molecule has 1 saturated heterocycles. The second-order valence-electron chi connectivity index (χ2n) is 8.61. The van der Waals surface area contributed by atoms with E-state index in [-0.39, 0.29) is 18.0 Å². The fourth-order valence-electron chi connectivity index (χ4n) is 4.01. The van der Waals surface area contributed by atoms with Gasteiger partial charge in [-0.1, -0.05) is 6.07 Å². The van der Waals surface area contributed by atoms with E-state index in [1.165, 1.54) is 9.30 Å². The molecule has 29 heavy (non-hydrogen) atoms. The molecule has 2 aromatic rings. The summed E-state index contributed by atoms with van der Waals surface area (Å²) in [7, 11) is 0. The quantitative estimate of drug-likeness (QED) is 0.733. The lowest BCUT2D eigenvalue weighted by Gasteiger charge is -2.33. The molecule has 0 bridgehead atoms. The van der Waals surface area contributed by atoms with Gasteiger partial charge in [-0.3, -0.25) is 18.9 Å². The van der Waals surface area contributed by atoms with Gasteiger partial charge in [0, 0.05) is 25.7 Å². The van der Waals surface area contributed by atoms with Crippen molar-refractivity contribution in [1.29, 1.82) is 0 Å². The Balaban J connectivity index is 1.56. The van der Waals surface area contributed by atoms with Crippen LogP contribution in [0.5, 0.6) is 0 Å². The van der Waals surface area contributed by atoms with Crippen LogP contribution < -0.4 is 5.56 Å². The van der Waals surface area contributed by atoms with Crippen molar-refractivity contribution < 1.29 is 14.3 Å². The van der Waals surface area contributed by atoms with Crippen LogP contribution in [-0.2, 0) is 22.5 Å². The van der Waals surface area contributed by atoms with Gasteiger partial charge in [-0.25, -0.2) is 9.78 Å². The highest BCUT2D eigenvalue weighted by Gasteiger charge is 2.39. The molecule has 0 spiro atoms. The minimum Gasteiger partial charge on any atom is -0.444 e. The van der Waals surface area contributed by atoms with E-state index in [2.05, 4.69) is 4.98 Å². The van der Waals surface area contributed by atoms with Crippen LogP contribution in [0.15, 0.2) is 29.2 Å². The van der Waals surface area contributed by atoms with E-state index in [4.69, 9.17) is 4.74 Å². The fraction of sp³-hybridized carbons (Fsp3) is 0.524. The van der Waals surface area contributed by atoms with Gasteiger partial charge < -0.3 is 9.64 Å². The van der Waals surface area contributed by atoms with Gasteiger partial charge in [-0.2, -0.15) is 0 Å². The third kappa shape index (κ3) is 3.71. The second kappa shape index (κ2) is 7.17. The van der Waals surface area contributed by atoms with E-state index >= 15 is 0 Å². The Hall–Kier alpha value is -2.90.